The van der Waals surface area contributed by atoms with Crippen molar-refractivity contribution in [2.45, 2.75) is 25.3 Å². The van der Waals surface area contributed by atoms with Crippen LogP contribution in [0.3, 0.4) is 0 Å². The molecule has 30 heavy (non-hydrogen) atoms. The van der Waals surface area contributed by atoms with E-state index < -0.39 is 11.0 Å². The van der Waals surface area contributed by atoms with E-state index in [9.17, 15) is 19.7 Å². The second-order valence-corrected chi connectivity index (χ2v) is 8.23. The molecule has 0 saturated carbocycles. The number of amides is 2. The van der Waals surface area contributed by atoms with Crippen LogP contribution in [-0.4, -0.2) is 40.5 Å². The summed E-state index contributed by atoms with van der Waals surface area (Å²) < 4.78 is 0. The molecule has 0 unspecified atom stereocenters. The van der Waals surface area contributed by atoms with Crippen LogP contribution in [0.15, 0.2) is 42.5 Å². The fourth-order valence-electron chi connectivity index (χ4n) is 2.70. The standard InChI is InChI=1S/C20H21Cl2N3O4S/c1-13(20(27)23-2)24(10-16-17(21)4-3-5-18(16)22)19(26)12-30-11-14-6-8-15(9-7-14)25(28)29/h3-9,13H,10-12H2,1-2H3,(H,23,27)/t13-/m1/s1. The normalized spacial score (nSPS) is 11.6. The highest BCUT2D eigenvalue weighted by molar-refractivity contribution is 7.99. The van der Waals surface area contributed by atoms with E-state index >= 15 is 0 Å². The molecule has 2 rings (SSSR count). The molecule has 10 heteroatoms. The molecule has 0 radical (unpaired) electrons. The number of nitro groups is 1. The molecule has 0 bridgehead atoms. The number of thioether (sulfide) groups is 1. The van der Waals surface area contributed by atoms with Crippen molar-refractivity contribution in [1.29, 1.82) is 0 Å². The Morgan fingerprint density at radius 3 is 2.30 bits per heavy atom. The van der Waals surface area contributed by atoms with Crippen molar-refractivity contribution in [3.05, 3.63) is 73.8 Å². The fraction of sp³-hybridized carbons (Fsp3) is 0.300. The summed E-state index contributed by atoms with van der Waals surface area (Å²) in [4.78, 5) is 36.8. The van der Waals surface area contributed by atoms with Crippen molar-refractivity contribution in [3.63, 3.8) is 0 Å². The summed E-state index contributed by atoms with van der Waals surface area (Å²) in [5.74, 6) is 0.0833. The summed E-state index contributed by atoms with van der Waals surface area (Å²) in [6, 6.07) is 10.5. The Labute approximate surface area is 188 Å². The van der Waals surface area contributed by atoms with Gasteiger partial charge in [0.15, 0.2) is 0 Å². The molecule has 7 nitrogen and oxygen atoms in total. The smallest absolute Gasteiger partial charge is 0.269 e. The van der Waals surface area contributed by atoms with Crippen molar-refractivity contribution in [1.82, 2.24) is 10.2 Å². The van der Waals surface area contributed by atoms with E-state index in [-0.39, 0.29) is 29.8 Å². The molecule has 0 spiro atoms. The maximum atomic E-state index is 12.9. The van der Waals surface area contributed by atoms with Gasteiger partial charge in [-0.1, -0.05) is 41.4 Å². The van der Waals surface area contributed by atoms with Gasteiger partial charge < -0.3 is 10.2 Å². The minimum atomic E-state index is -0.713. The van der Waals surface area contributed by atoms with Gasteiger partial charge >= 0.3 is 0 Å². The van der Waals surface area contributed by atoms with E-state index in [0.29, 0.717) is 21.4 Å². The molecule has 0 aliphatic rings. The first-order valence-corrected chi connectivity index (χ1v) is 10.9. The predicted molar refractivity (Wildman–Crippen MR) is 120 cm³/mol. The number of hydrogen-bond donors (Lipinski definition) is 1. The second kappa shape index (κ2) is 11.2. The van der Waals surface area contributed by atoms with E-state index in [2.05, 4.69) is 5.32 Å². The summed E-state index contributed by atoms with van der Waals surface area (Å²) in [6.07, 6.45) is 0. The molecule has 0 saturated heterocycles. The minimum absolute atomic E-state index is 0.0158. The lowest BCUT2D eigenvalue weighted by Crippen LogP contribution is -2.47. The van der Waals surface area contributed by atoms with E-state index in [1.54, 1.807) is 37.3 Å². The minimum Gasteiger partial charge on any atom is -0.357 e. The number of nitro benzene ring substituents is 1. The summed E-state index contributed by atoms with van der Waals surface area (Å²) in [6.45, 7) is 1.74. The van der Waals surface area contributed by atoms with Crippen molar-refractivity contribution < 1.29 is 14.5 Å². The summed E-state index contributed by atoms with van der Waals surface area (Å²) in [7, 11) is 1.51. The van der Waals surface area contributed by atoms with Crippen molar-refractivity contribution >= 4 is 52.5 Å². The number of non-ortho nitro benzene ring substituents is 1. The summed E-state index contributed by atoms with van der Waals surface area (Å²) in [5.41, 5.74) is 1.45. The number of rotatable bonds is 9. The topological polar surface area (TPSA) is 92.6 Å². The van der Waals surface area contributed by atoms with Gasteiger partial charge in [0.2, 0.25) is 11.8 Å². The predicted octanol–water partition coefficient (Wildman–Crippen LogP) is 4.30. The number of benzene rings is 2. The maximum absolute atomic E-state index is 12.9. The monoisotopic (exact) mass is 469 g/mol. The molecule has 2 amide bonds. The molecule has 1 N–H and O–H groups in total. The van der Waals surface area contributed by atoms with E-state index in [0.717, 1.165) is 5.56 Å². The third kappa shape index (κ3) is 6.35. The zero-order chi connectivity index (χ0) is 22.3. The van der Waals surface area contributed by atoms with Crippen molar-refractivity contribution in [2.24, 2.45) is 0 Å². The van der Waals surface area contributed by atoms with Crippen LogP contribution in [0.4, 0.5) is 5.69 Å². The van der Waals surface area contributed by atoms with Crippen LogP contribution in [0.5, 0.6) is 0 Å². The Hall–Kier alpha value is -2.29. The van der Waals surface area contributed by atoms with Gasteiger partial charge in [-0.05, 0) is 24.6 Å². The Kier molecular flexibility index (Phi) is 8.95. The van der Waals surface area contributed by atoms with Gasteiger partial charge in [0.25, 0.3) is 5.69 Å². The van der Waals surface area contributed by atoms with Crippen LogP contribution < -0.4 is 5.32 Å². The number of likely N-dealkylation sites (N-methyl/N-ethyl adjacent to an activating group) is 1. The maximum Gasteiger partial charge on any atom is 0.269 e. The van der Waals surface area contributed by atoms with Gasteiger partial charge in [0.05, 0.1) is 10.7 Å². The largest absolute Gasteiger partial charge is 0.357 e. The third-order valence-corrected chi connectivity index (χ3v) is 6.14. The molecule has 0 heterocycles. The zero-order valence-corrected chi connectivity index (χ0v) is 18.8. The van der Waals surface area contributed by atoms with Gasteiger partial charge in [-0.2, -0.15) is 0 Å². The Balaban J connectivity index is 2.08. The Morgan fingerprint density at radius 1 is 1.17 bits per heavy atom. The average Bonchev–Trinajstić information content (AvgIpc) is 2.72. The molecule has 0 fully saturated rings. The average molecular weight is 470 g/mol. The number of carbonyl (C=O) groups is 2. The highest BCUT2D eigenvalue weighted by Crippen LogP contribution is 2.27. The van der Waals surface area contributed by atoms with Gasteiger partial charge in [-0.3, -0.25) is 19.7 Å². The van der Waals surface area contributed by atoms with Crippen LogP contribution in [0, 0.1) is 10.1 Å². The van der Waals surface area contributed by atoms with Gasteiger partial charge in [0.1, 0.15) is 6.04 Å². The van der Waals surface area contributed by atoms with Crippen LogP contribution in [-0.2, 0) is 21.9 Å². The van der Waals surface area contributed by atoms with Crippen LogP contribution >= 0.6 is 35.0 Å². The lowest BCUT2D eigenvalue weighted by molar-refractivity contribution is -0.384. The molecule has 0 aromatic heterocycles. The Bertz CT molecular complexity index is 905. The quantitative estimate of drug-likeness (QED) is 0.436. The number of hydrogen-bond acceptors (Lipinski definition) is 5. The van der Waals surface area contributed by atoms with Crippen LogP contribution in [0.25, 0.3) is 0 Å². The van der Waals surface area contributed by atoms with E-state index in [4.69, 9.17) is 23.2 Å². The first-order chi connectivity index (χ1) is 14.2. The van der Waals surface area contributed by atoms with Gasteiger partial charge in [-0.25, -0.2) is 0 Å². The molecule has 160 valence electrons. The lowest BCUT2D eigenvalue weighted by atomic mass is 10.1. The first kappa shape index (κ1) is 24.0. The summed E-state index contributed by atoms with van der Waals surface area (Å²) in [5, 5.41) is 14.1. The fourth-order valence-corrected chi connectivity index (χ4v) is 4.09. The van der Waals surface area contributed by atoms with Gasteiger partial charge in [0, 0.05) is 47.1 Å². The van der Waals surface area contributed by atoms with E-state index in [1.807, 2.05) is 0 Å². The molecule has 1 atom stereocenters. The molecule has 2 aromatic rings. The highest BCUT2D eigenvalue weighted by Gasteiger charge is 2.26. The number of halogens is 2. The number of nitrogens with one attached hydrogen (secondary N) is 1. The molecular formula is C20H21Cl2N3O4S. The molecule has 0 aliphatic carbocycles. The number of nitrogens with zero attached hydrogens (tertiary/aromatic N) is 2. The molecular weight excluding hydrogens is 449 g/mol. The lowest BCUT2D eigenvalue weighted by Gasteiger charge is -2.29. The number of carbonyl (C=O) groups excluding carboxylic acids is 2. The van der Waals surface area contributed by atoms with Crippen LogP contribution in [0.2, 0.25) is 10.0 Å². The van der Waals surface area contributed by atoms with Crippen LogP contribution in [0.1, 0.15) is 18.1 Å². The van der Waals surface area contributed by atoms with E-state index in [1.165, 1.54) is 35.8 Å². The second-order valence-electron chi connectivity index (χ2n) is 6.43. The first-order valence-electron chi connectivity index (χ1n) is 8.99. The summed E-state index contributed by atoms with van der Waals surface area (Å²) >= 11 is 13.8. The zero-order valence-electron chi connectivity index (χ0n) is 16.4. The van der Waals surface area contributed by atoms with Crippen molar-refractivity contribution in [3.8, 4) is 0 Å². The van der Waals surface area contributed by atoms with Crippen molar-refractivity contribution in [2.75, 3.05) is 12.8 Å². The SMILES string of the molecule is CNC(=O)[C@@H](C)N(Cc1c(Cl)cccc1Cl)C(=O)CSCc1ccc([N+](=O)[O-])cc1. The Morgan fingerprint density at radius 2 is 1.77 bits per heavy atom. The highest BCUT2D eigenvalue weighted by atomic mass is 35.5. The molecule has 2 aromatic carbocycles. The van der Waals surface area contributed by atoms with Gasteiger partial charge in [-0.15, -0.1) is 11.8 Å². The molecule has 0 aliphatic heterocycles. The third-order valence-electron chi connectivity index (χ3n) is 4.45.